The summed E-state index contributed by atoms with van der Waals surface area (Å²) < 4.78 is 0. The van der Waals surface area contributed by atoms with Crippen LogP contribution in [0.15, 0.2) is 0 Å². The van der Waals surface area contributed by atoms with Gasteiger partial charge in [-0.1, -0.05) is 13.8 Å². The largest absolute Gasteiger partial charge is 0.548 e. The van der Waals surface area contributed by atoms with Gasteiger partial charge in [0.2, 0.25) is 0 Å². The highest BCUT2D eigenvalue weighted by atomic mass is 16.4. The zero-order valence-corrected chi connectivity index (χ0v) is 7.07. The lowest BCUT2D eigenvalue weighted by Crippen LogP contribution is -2.57. The van der Waals surface area contributed by atoms with Gasteiger partial charge in [0, 0.05) is 0 Å². The molecule has 0 heterocycles. The first-order chi connectivity index (χ1) is 5.54. The quantitative estimate of drug-likeness (QED) is 0.419. The molecule has 0 N–H and O–H groups in total. The highest BCUT2D eigenvalue weighted by Gasteiger charge is 2.17. The number of hydrogen-bond donors (Lipinski definition) is 0. The first kappa shape index (κ1) is 10.9. The first-order valence-electron chi connectivity index (χ1n) is 3.70. The molecule has 0 aromatic heterocycles. The summed E-state index contributed by atoms with van der Waals surface area (Å²) in [6.45, 7) is 4.01. The maximum Gasteiger partial charge on any atom is 0.0895 e. The summed E-state index contributed by atoms with van der Waals surface area (Å²) in [5, 5.41) is 20.7. The summed E-state index contributed by atoms with van der Waals surface area (Å²) in [4.78, 5) is 21.9. The van der Waals surface area contributed by atoms with E-state index < -0.39 is 18.0 Å². The smallest absolute Gasteiger partial charge is 0.0895 e. The fourth-order valence-electron chi connectivity index (χ4n) is 0.983. The van der Waals surface area contributed by atoms with E-state index in [0.717, 1.165) is 0 Å². The molecule has 5 nitrogen and oxygen atoms in total. The lowest BCUT2D eigenvalue weighted by molar-refractivity contribution is -0.331. The van der Waals surface area contributed by atoms with Crippen molar-refractivity contribution in [1.29, 1.82) is 0 Å². The van der Waals surface area contributed by atoms with Crippen LogP contribution in [0.1, 0.15) is 13.8 Å². The van der Waals surface area contributed by atoms with Crippen molar-refractivity contribution in [2.45, 2.75) is 19.9 Å². The van der Waals surface area contributed by atoms with E-state index in [0.29, 0.717) is 13.1 Å². The average molecular weight is 173 g/mol. The second kappa shape index (κ2) is 4.71. The van der Waals surface area contributed by atoms with Crippen LogP contribution in [0.2, 0.25) is 0 Å². The van der Waals surface area contributed by atoms with Gasteiger partial charge in [0.25, 0.3) is 0 Å². The maximum atomic E-state index is 10.3. The van der Waals surface area contributed by atoms with E-state index in [1.807, 2.05) is 0 Å². The van der Waals surface area contributed by atoms with Gasteiger partial charge < -0.3 is 19.8 Å². The molecule has 0 aliphatic carbocycles. The Morgan fingerprint density at radius 3 is 1.58 bits per heavy atom. The molecule has 0 aliphatic heterocycles. The molecule has 0 radical (unpaired) electrons. The molecule has 0 saturated heterocycles. The number of carbonyl (C=O) groups excluding carboxylic acids is 2. The second-order valence-electron chi connectivity index (χ2n) is 2.26. The van der Waals surface area contributed by atoms with Gasteiger partial charge in [-0.25, -0.2) is 0 Å². The van der Waals surface area contributed by atoms with Gasteiger partial charge in [-0.05, 0) is 13.1 Å². The Morgan fingerprint density at radius 2 is 1.50 bits per heavy atom. The Balaban J connectivity index is 4.47. The number of carboxylic acids is 2. The molecule has 0 fully saturated rings. The summed E-state index contributed by atoms with van der Waals surface area (Å²) in [6, 6.07) is -1.64. The van der Waals surface area contributed by atoms with Crippen molar-refractivity contribution >= 4 is 11.9 Å². The van der Waals surface area contributed by atoms with Crippen LogP contribution < -0.4 is 10.2 Å². The minimum absolute atomic E-state index is 0.336. The van der Waals surface area contributed by atoms with E-state index in [4.69, 9.17) is 0 Å². The summed E-state index contributed by atoms with van der Waals surface area (Å²) in [5.74, 6) is -3.25. The lowest BCUT2D eigenvalue weighted by atomic mass is 10.2. The second-order valence-corrected chi connectivity index (χ2v) is 2.26. The summed E-state index contributed by atoms with van der Waals surface area (Å²) in [7, 11) is 0. The van der Waals surface area contributed by atoms with Crippen LogP contribution in [0.5, 0.6) is 0 Å². The molecule has 0 saturated carbocycles. The van der Waals surface area contributed by atoms with Crippen molar-refractivity contribution in [2.75, 3.05) is 13.1 Å². The predicted molar refractivity (Wildman–Crippen MR) is 36.7 cm³/mol. The van der Waals surface area contributed by atoms with Crippen LogP contribution in [-0.2, 0) is 9.59 Å². The van der Waals surface area contributed by atoms with Crippen LogP contribution in [0.4, 0.5) is 0 Å². The number of rotatable bonds is 5. The van der Waals surface area contributed by atoms with Crippen molar-refractivity contribution in [1.82, 2.24) is 4.90 Å². The molecule has 0 aromatic carbocycles. The number of carboxylic acid groups (broad SMARTS) is 2. The monoisotopic (exact) mass is 173 g/mol. The Kier molecular flexibility index (Phi) is 4.28. The van der Waals surface area contributed by atoms with Crippen molar-refractivity contribution in [3.63, 3.8) is 0 Å². The van der Waals surface area contributed by atoms with Crippen LogP contribution in [0.3, 0.4) is 0 Å². The normalized spacial score (nSPS) is 10.7. The third-order valence-corrected chi connectivity index (χ3v) is 1.62. The Morgan fingerprint density at radius 1 is 1.17 bits per heavy atom. The van der Waals surface area contributed by atoms with Crippen LogP contribution in [0.25, 0.3) is 0 Å². The van der Waals surface area contributed by atoms with Gasteiger partial charge >= 0.3 is 0 Å². The van der Waals surface area contributed by atoms with Gasteiger partial charge in [-0.2, -0.15) is 0 Å². The summed E-state index contributed by atoms with van der Waals surface area (Å²) in [6.07, 6.45) is 0. The molecular weight excluding hydrogens is 162 g/mol. The van der Waals surface area contributed by atoms with Crippen molar-refractivity contribution in [3.05, 3.63) is 0 Å². The first-order valence-corrected chi connectivity index (χ1v) is 3.70. The van der Waals surface area contributed by atoms with E-state index in [2.05, 4.69) is 0 Å². The van der Waals surface area contributed by atoms with Gasteiger partial charge in [0.05, 0.1) is 18.0 Å². The third-order valence-electron chi connectivity index (χ3n) is 1.62. The zero-order chi connectivity index (χ0) is 9.72. The molecule has 0 spiro atoms. The molecule has 0 unspecified atom stereocenters. The Labute approximate surface area is 70.6 Å². The lowest BCUT2D eigenvalue weighted by Gasteiger charge is -2.30. The number of aliphatic carboxylic acids is 2. The minimum Gasteiger partial charge on any atom is -0.548 e. The minimum atomic E-state index is -1.64. The van der Waals surface area contributed by atoms with E-state index in [9.17, 15) is 19.8 Å². The molecule has 5 heteroatoms. The van der Waals surface area contributed by atoms with Crippen LogP contribution >= 0.6 is 0 Å². The Hall–Kier alpha value is -1.10. The molecule has 12 heavy (non-hydrogen) atoms. The number of likely N-dealkylation sites (N-methyl/N-ethyl adjacent to an activating group) is 1. The molecule has 0 rings (SSSR count). The average Bonchev–Trinajstić information content (AvgIpc) is 1.98. The molecule has 0 bridgehead atoms. The fraction of sp³-hybridized carbons (Fsp3) is 0.714. The molecular formula is C7H11NO4-2. The summed E-state index contributed by atoms with van der Waals surface area (Å²) >= 11 is 0. The molecule has 0 atom stereocenters. The van der Waals surface area contributed by atoms with E-state index in [-0.39, 0.29) is 0 Å². The van der Waals surface area contributed by atoms with Crippen LogP contribution in [0, 0.1) is 0 Å². The standard InChI is InChI=1S/C7H13NO4/c1-3-8(4-2)5(6(9)10)7(11)12/h5H,3-4H2,1-2H3,(H,9,10)(H,11,12)/p-2. The highest BCUT2D eigenvalue weighted by molar-refractivity contribution is 5.95. The zero-order valence-electron chi connectivity index (χ0n) is 7.07. The van der Waals surface area contributed by atoms with Gasteiger partial charge in [-0.15, -0.1) is 0 Å². The predicted octanol–water partition coefficient (Wildman–Crippen LogP) is -2.80. The maximum absolute atomic E-state index is 10.3. The number of carbonyl (C=O) groups is 2. The SMILES string of the molecule is CCN(CC)C(C(=O)[O-])C(=O)[O-]. The topological polar surface area (TPSA) is 83.5 Å². The van der Waals surface area contributed by atoms with Crippen molar-refractivity contribution in [3.8, 4) is 0 Å². The highest BCUT2D eigenvalue weighted by Crippen LogP contribution is 1.96. The van der Waals surface area contributed by atoms with E-state index >= 15 is 0 Å². The van der Waals surface area contributed by atoms with Crippen molar-refractivity contribution in [2.24, 2.45) is 0 Å². The van der Waals surface area contributed by atoms with E-state index in [1.165, 1.54) is 4.90 Å². The molecule has 0 amide bonds. The molecule has 0 aliphatic rings. The van der Waals surface area contributed by atoms with Gasteiger partial charge in [-0.3, -0.25) is 4.90 Å². The van der Waals surface area contributed by atoms with Gasteiger partial charge in [0.1, 0.15) is 0 Å². The molecule has 70 valence electrons. The van der Waals surface area contributed by atoms with Gasteiger partial charge in [0.15, 0.2) is 0 Å². The Bertz CT molecular complexity index is 162. The van der Waals surface area contributed by atoms with Crippen molar-refractivity contribution < 1.29 is 19.8 Å². The molecule has 0 aromatic rings. The third kappa shape index (κ3) is 2.50. The fourth-order valence-corrected chi connectivity index (χ4v) is 0.983. The van der Waals surface area contributed by atoms with Crippen LogP contribution in [-0.4, -0.2) is 36.0 Å². The summed E-state index contributed by atoms with van der Waals surface area (Å²) in [5.41, 5.74) is 0. The number of nitrogens with zero attached hydrogens (tertiary/aromatic N) is 1. The number of hydrogen-bond acceptors (Lipinski definition) is 5. The van der Waals surface area contributed by atoms with E-state index in [1.54, 1.807) is 13.8 Å².